The molecule has 7 rings (SSSR count). The van der Waals surface area contributed by atoms with Crippen LogP contribution >= 0.6 is 0 Å². The van der Waals surface area contributed by atoms with Crippen LogP contribution in [0.1, 0.15) is 54.4 Å². The third-order valence-electron chi connectivity index (χ3n) is 9.83. The lowest BCUT2D eigenvalue weighted by molar-refractivity contribution is -0.0161. The van der Waals surface area contributed by atoms with Gasteiger partial charge in [0.15, 0.2) is 5.82 Å². The molecular weight excluding hydrogens is 591 g/mol. The summed E-state index contributed by atoms with van der Waals surface area (Å²) in [4.78, 5) is 13.8. The van der Waals surface area contributed by atoms with Crippen LogP contribution < -0.4 is 15.0 Å². The van der Waals surface area contributed by atoms with Gasteiger partial charge in [0.05, 0.1) is 25.4 Å². The Morgan fingerprint density at radius 3 is 2.50 bits per heavy atom. The van der Waals surface area contributed by atoms with Crippen molar-refractivity contribution in [3.63, 3.8) is 0 Å². The number of hydrogen-bond acceptors (Lipinski definition) is 7. The molecule has 0 amide bonds. The van der Waals surface area contributed by atoms with Crippen LogP contribution in [0.15, 0.2) is 30.4 Å². The number of rotatable bonds is 9. The Labute approximate surface area is 267 Å². The topological polar surface area (TPSA) is 62.8 Å². The molecule has 7 nitrogen and oxygen atoms in total. The average Bonchev–Trinajstić information content (AvgIpc) is 3.49. The molecule has 1 aromatic heterocycles. The summed E-state index contributed by atoms with van der Waals surface area (Å²) in [6.07, 6.45) is 16.9. The van der Waals surface area contributed by atoms with Crippen molar-refractivity contribution in [2.24, 2.45) is 0 Å². The highest BCUT2D eigenvalue weighted by molar-refractivity contribution is 5.92. The van der Waals surface area contributed by atoms with Crippen molar-refractivity contribution in [1.29, 1.82) is 0 Å². The summed E-state index contributed by atoms with van der Waals surface area (Å²) in [7, 11) is 0. The smallest absolute Gasteiger partial charge is 0.319 e. The number of nitrogens with one attached hydrogen (secondary N) is 1. The summed E-state index contributed by atoms with van der Waals surface area (Å²) in [6, 6.07) is 5.88. The van der Waals surface area contributed by atoms with Gasteiger partial charge in [-0.3, -0.25) is 4.90 Å². The molecule has 0 aliphatic carbocycles. The van der Waals surface area contributed by atoms with Gasteiger partial charge in [-0.2, -0.15) is 9.97 Å². The molecule has 46 heavy (non-hydrogen) atoms. The highest BCUT2D eigenvalue weighted by atomic mass is 19.1. The molecule has 4 bridgehead atoms. The van der Waals surface area contributed by atoms with Crippen molar-refractivity contribution in [2.75, 3.05) is 44.4 Å². The minimum absolute atomic E-state index is 0.0233. The van der Waals surface area contributed by atoms with Gasteiger partial charge in [-0.05, 0) is 68.4 Å². The van der Waals surface area contributed by atoms with Crippen LogP contribution in [0.5, 0.6) is 6.01 Å². The van der Waals surface area contributed by atoms with Crippen molar-refractivity contribution in [2.45, 2.75) is 63.2 Å². The number of ether oxygens (including phenoxy) is 2. The average molecular weight is 630 g/mol. The number of hydrogen-bond donors (Lipinski definition) is 1. The van der Waals surface area contributed by atoms with E-state index in [1.807, 2.05) is 0 Å². The summed E-state index contributed by atoms with van der Waals surface area (Å²) in [6.45, 7) is 5.97. The first-order chi connectivity index (χ1) is 22.4. The summed E-state index contributed by atoms with van der Waals surface area (Å²) in [5, 5.41) is 3.93. The molecule has 4 saturated heterocycles. The summed E-state index contributed by atoms with van der Waals surface area (Å²) < 4.78 is 57.4. The molecule has 4 fully saturated rings. The van der Waals surface area contributed by atoms with Crippen LogP contribution in [-0.4, -0.2) is 78.5 Å². The zero-order chi connectivity index (χ0) is 31.8. The predicted molar refractivity (Wildman–Crippen MR) is 173 cm³/mol. The number of anilines is 1. The van der Waals surface area contributed by atoms with Crippen LogP contribution in [0.4, 0.5) is 19.0 Å². The molecule has 0 saturated carbocycles. The predicted octanol–water partition coefficient (Wildman–Crippen LogP) is 5.64. The van der Waals surface area contributed by atoms with E-state index in [1.54, 1.807) is 25.1 Å². The van der Waals surface area contributed by atoms with Crippen molar-refractivity contribution in [1.82, 2.24) is 20.2 Å². The number of aromatic nitrogens is 2. The molecule has 2 aromatic carbocycles. The lowest BCUT2D eigenvalue weighted by atomic mass is 10.0. The van der Waals surface area contributed by atoms with Gasteiger partial charge in [0.2, 0.25) is 0 Å². The Morgan fingerprint density at radius 1 is 1.02 bits per heavy atom. The second kappa shape index (κ2) is 13.1. The summed E-state index contributed by atoms with van der Waals surface area (Å²) in [5.41, 5.74) is 1.33. The molecular formula is C36H38F3N5O2. The number of halogens is 3. The quantitative estimate of drug-likeness (QED) is 0.187. The first-order valence-corrected chi connectivity index (χ1v) is 16.2. The fourth-order valence-electron chi connectivity index (χ4n) is 7.45. The highest BCUT2D eigenvalue weighted by Crippen LogP contribution is 2.34. The molecule has 3 aromatic rings. The lowest BCUT2D eigenvalue weighted by Crippen LogP contribution is -2.51. The SMILES string of the molecule is C#Cc1c(F)ccc(/C=C\C=C\c2c(F)cc3c(N4CC5CCC(C4)N5)nc(OCCCN4C5CCC4COC5)nc3c2F)c1C. The number of allylic oxidation sites excluding steroid dienone is 2. The van der Waals surface area contributed by atoms with Crippen LogP contribution in [-0.2, 0) is 4.74 Å². The van der Waals surface area contributed by atoms with Gasteiger partial charge in [0.25, 0.3) is 0 Å². The van der Waals surface area contributed by atoms with Gasteiger partial charge in [-0.15, -0.1) is 6.42 Å². The lowest BCUT2D eigenvalue weighted by Gasteiger charge is -2.34. The van der Waals surface area contributed by atoms with Gasteiger partial charge in [-0.25, -0.2) is 13.2 Å². The zero-order valence-electron chi connectivity index (χ0n) is 25.9. The number of piperazine rings is 1. The van der Waals surface area contributed by atoms with Crippen molar-refractivity contribution < 1.29 is 22.6 Å². The summed E-state index contributed by atoms with van der Waals surface area (Å²) >= 11 is 0. The maximum Gasteiger partial charge on any atom is 0.319 e. The summed E-state index contributed by atoms with van der Waals surface area (Å²) in [5.74, 6) is 0.916. The highest BCUT2D eigenvalue weighted by Gasteiger charge is 2.37. The standard InChI is InChI=1S/C36H38F3N5O2/c1-3-28-22(2)23(9-14-31(28)37)7-4-5-8-29-32(38)17-30-34(33(29)39)41-36(42-35(30)43-18-24-10-11-25(19-43)40-24)46-16-6-15-44-26-12-13-27(44)21-45-20-26/h1,4-5,7-9,14,17,24-27,40H,6,10-13,15-16,18-21H2,2H3/b7-4-,8-5+. The molecule has 4 aliphatic heterocycles. The van der Waals surface area contributed by atoms with Crippen molar-refractivity contribution in [3.8, 4) is 18.4 Å². The minimum atomic E-state index is -0.774. The maximum absolute atomic E-state index is 16.1. The Morgan fingerprint density at radius 2 is 1.76 bits per heavy atom. The van der Waals surface area contributed by atoms with Crippen LogP contribution in [0.3, 0.4) is 0 Å². The molecule has 10 heteroatoms. The largest absolute Gasteiger partial charge is 0.463 e. The Hall–Kier alpha value is -3.91. The monoisotopic (exact) mass is 629 g/mol. The Bertz CT molecular complexity index is 1710. The van der Waals surface area contributed by atoms with E-state index in [4.69, 9.17) is 20.9 Å². The van der Waals surface area contributed by atoms with Gasteiger partial charge in [0, 0.05) is 54.8 Å². The van der Waals surface area contributed by atoms with Crippen molar-refractivity contribution in [3.05, 3.63) is 70.1 Å². The van der Waals surface area contributed by atoms with E-state index in [1.165, 1.54) is 24.3 Å². The van der Waals surface area contributed by atoms with E-state index in [0.717, 1.165) is 51.9 Å². The van der Waals surface area contributed by atoms with Gasteiger partial charge in [-0.1, -0.05) is 30.2 Å². The normalized spacial score (nSPS) is 24.5. The molecule has 4 aliphatic rings. The van der Waals surface area contributed by atoms with E-state index in [9.17, 15) is 4.39 Å². The Kier molecular flexibility index (Phi) is 8.73. The molecule has 4 unspecified atom stereocenters. The fraction of sp³-hybridized carbons (Fsp3) is 0.444. The van der Waals surface area contributed by atoms with Gasteiger partial charge < -0.3 is 19.7 Å². The third-order valence-corrected chi connectivity index (χ3v) is 9.83. The second-order valence-corrected chi connectivity index (χ2v) is 12.7. The second-order valence-electron chi connectivity index (χ2n) is 12.7. The molecule has 4 atom stereocenters. The fourth-order valence-corrected chi connectivity index (χ4v) is 7.45. The van der Waals surface area contributed by atoms with Crippen LogP contribution in [0.2, 0.25) is 0 Å². The molecule has 5 heterocycles. The van der Waals surface area contributed by atoms with Gasteiger partial charge in [0.1, 0.15) is 23.0 Å². The first kappa shape index (κ1) is 30.7. The molecule has 240 valence electrons. The molecule has 1 N–H and O–H groups in total. The van der Waals surface area contributed by atoms with E-state index >= 15 is 8.78 Å². The van der Waals surface area contributed by atoms with E-state index < -0.39 is 17.5 Å². The minimum Gasteiger partial charge on any atom is -0.463 e. The van der Waals surface area contributed by atoms with Gasteiger partial charge >= 0.3 is 6.01 Å². The maximum atomic E-state index is 16.1. The van der Waals surface area contributed by atoms with Crippen LogP contribution in [0, 0.1) is 36.7 Å². The number of morpholine rings is 1. The molecule has 0 spiro atoms. The molecule has 0 radical (unpaired) electrons. The van der Waals surface area contributed by atoms with Crippen LogP contribution in [0.25, 0.3) is 23.1 Å². The number of fused-ring (bicyclic) bond motifs is 5. The first-order valence-electron chi connectivity index (χ1n) is 16.2. The third kappa shape index (κ3) is 5.99. The zero-order valence-corrected chi connectivity index (χ0v) is 25.9. The van der Waals surface area contributed by atoms with E-state index in [0.29, 0.717) is 66.2 Å². The Balaban J connectivity index is 1.15. The van der Waals surface area contributed by atoms with E-state index in [-0.39, 0.29) is 22.7 Å². The van der Waals surface area contributed by atoms with E-state index in [2.05, 4.69) is 26.0 Å². The number of benzene rings is 2. The number of terminal acetylenes is 1. The van der Waals surface area contributed by atoms with Crippen molar-refractivity contribution >= 4 is 28.9 Å². The number of nitrogens with zero attached hydrogens (tertiary/aromatic N) is 4.